The van der Waals surface area contributed by atoms with E-state index in [1.807, 2.05) is 0 Å². The van der Waals surface area contributed by atoms with Crippen LogP contribution >= 0.6 is 0 Å². The lowest BCUT2D eigenvalue weighted by atomic mass is 10.6. The lowest BCUT2D eigenvalue weighted by Gasteiger charge is -1.78. The van der Waals surface area contributed by atoms with Crippen molar-refractivity contribution in [3.8, 4) is 0 Å². The maximum atomic E-state index is 8.19. The van der Waals surface area contributed by atoms with Crippen LogP contribution in [-0.4, -0.2) is 11.3 Å². The second-order valence-electron chi connectivity index (χ2n) is 0.778. The summed E-state index contributed by atoms with van der Waals surface area (Å²) < 4.78 is 0. The highest BCUT2D eigenvalue weighted by Gasteiger charge is 1.90. The Hall–Kier alpha value is -0.810. The van der Waals surface area contributed by atoms with E-state index in [1.165, 1.54) is 6.08 Å². The first-order chi connectivity index (χ1) is 2.81. The summed E-state index contributed by atoms with van der Waals surface area (Å²) >= 11 is 0. The van der Waals surface area contributed by atoms with Crippen LogP contribution in [-0.2, 0) is 0 Å². The Morgan fingerprint density at radius 1 is 2.00 bits per heavy atom. The van der Waals surface area contributed by atoms with Gasteiger partial charge in [-0.25, -0.2) is 6.57 Å². The van der Waals surface area contributed by atoms with E-state index in [4.69, 9.17) is 11.7 Å². The van der Waals surface area contributed by atoms with E-state index in [1.54, 1.807) is 0 Å². The van der Waals surface area contributed by atoms with Gasteiger partial charge in [-0.3, -0.25) is 4.85 Å². The lowest BCUT2D eigenvalue weighted by molar-refractivity contribution is 0.270. The van der Waals surface area contributed by atoms with Gasteiger partial charge >= 0.3 is 6.23 Å². The zero-order chi connectivity index (χ0) is 4.99. The molecule has 0 aliphatic rings. The number of nitrogens with zero attached hydrogens (tertiary/aromatic N) is 1. The Labute approximate surface area is 36.5 Å². The smallest absolute Gasteiger partial charge is 0.323 e. The van der Waals surface area contributed by atoms with Crippen LogP contribution < -0.4 is 0 Å². The molecule has 1 unspecified atom stereocenters. The van der Waals surface area contributed by atoms with Crippen LogP contribution in [0.2, 0.25) is 0 Å². The predicted octanol–water partition coefficient (Wildman–Crippen LogP) is 0.410. The third-order valence-corrected chi connectivity index (χ3v) is 0.343. The molecule has 1 atom stereocenters. The first kappa shape index (κ1) is 5.19. The van der Waals surface area contributed by atoms with Gasteiger partial charge in [-0.1, -0.05) is 6.58 Å². The minimum atomic E-state index is -1.01. The van der Waals surface area contributed by atoms with Crippen molar-refractivity contribution in [2.45, 2.75) is 6.23 Å². The predicted molar refractivity (Wildman–Crippen MR) is 22.8 cm³/mol. The van der Waals surface area contributed by atoms with Crippen molar-refractivity contribution in [2.75, 3.05) is 0 Å². The zero-order valence-corrected chi connectivity index (χ0v) is 3.26. The molecule has 0 aromatic carbocycles. The van der Waals surface area contributed by atoms with E-state index in [2.05, 4.69) is 11.4 Å². The monoisotopic (exact) mass is 83.0 g/mol. The Balaban J connectivity index is 3.30. The maximum absolute atomic E-state index is 8.19. The van der Waals surface area contributed by atoms with Crippen molar-refractivity contribution in [2.24, 2.45) is 0 Å². The summed E-state index contributed by atoms with van der Waals surface area (Å²) in [5.41, 5.74) is 0. The van der Waals surface area contributed by atoms with Gasteiger partial charge in [0.2, 0.25) is 0 Å². The van der Waals surface area contributed by atoms with Crippen LogP contribution in [0.25, 0.3) is 4.85 Å². The van der Waals surface area contributed by atoms with Gasteiger partial charge in [-0.15, -0.1) is 0 Å². The molecule has 0 heterocycles. The number of aliphatic hydroxyl groups is 1. The average Bonchev–Trinajstić information content (AvgIpc) is 1.65. The van der Waals surface area contributed by atoms with Gasteiger partial charge in [0.25, 0.3) is 0 Å². The fourth-order valence-corrected chi connectivity index (χ4v) is 0.0527. The number of hydrogen-bond donors (Lipinski definition) is 1. The van der Waals surface area contributed by atoms with Gasteiger partial charge in [0.15, 0.2) is 0 Å². The van der Waals surface area contributed by atoms with Crippen molar-refractivity contribution in [3.63, 3.8) is 0 Å². The van der Waals surface area contributed by atoms with Crippen LogP contribution in [0.5, 0.6) is 0 Å². The second-order valence-corrected chi connectivity index (χ2v) is 0.778. The SMILES string of the molecule is [C-]#[N+]C(O)C=C. The first-order valence-electron chi connectivity index (χ1n) is 1.48. The van der Waals surface area contributed by atoms with E-state index in [9.17, 15) is 0 Å². The Morgan fingerprint density at radius 3 is 2.50 bits per heavy atom. The van der Waals surface area contributed by atoms with E-state index in [0.29, 0.717) is 0 Å². The van der Waals surface area contributed by atoms with Crippen LogP contribution in [0.4, 0.5) is 0 Å². The number of hydrogen-bond acceptors (Lipinski definition) is 1. The summed E-state index contributed by atoms with van der Waals surface area (Å²) in [5.74, 6) is 0. The quantitative estimate of drug-likeness (QED) is 0.360. The van der Waals surface area contributed by atoms with Crippen molar-refractivity contribution in [1.29, 1.82) is 0 Å². The van der Waals surface area contributed by atoms with Crippen molar-refractivity contribution in [3.05, 3.63) is 24.1 Å². The molecule has 0 saturated heterocycles. The molecule has 0 amide bonds. The molecule has 0 rings (SSSR count). The number of rotatable bonds is 1. The standard InChI is InChI=1S/C4H5NO/c1-3-4(6)5-2/h3-4,6H,1H2. The van der Waals surface area contributed by atoms with Crippen molar-refractivity contribution in [1.82, 2.24) is 0 Å². The van der Waals surface area contributed by atoms with Gasteiger partial charge in [0.05, 0.1) is 0 Å². The molecule has 1 N–H and O–H groups in total. The topological polar surface area (TPSA) is 24.6 Å². The lowest BCUT2D eigenvalue weighted by Crippen LogP contribution is -1.89. The normalized spacial score (nSPS) is 12.0. The molecule has 0 aliphatic carbocycles. The number of aliphatic hydroxyl groups excluding tert-OH is 1. The Bertz CT molecular complexity index is 82.0. The molecule has 32 valence electrons. The van der Waals surface area contributed by atoms with Crippen molar-refractivity contribution >= 4 is 0 Å². The minimum Gasteiger partial charge on any atom is -0.323 e. The Kier molecular flexibility index (Phi) is 2.10. The minimum absolute atomic E-state index is 1.01. The summed E-state index contributed by atoms with van der Waals surface area (Å²) in [4.78, 5) is 2.69. The Morgan fingerprint density at radius 2 is 2.50 bits per heavy atom. The van der Waals surface area contributed by atoms with E-state index >= 15 is 0 Å². The van der Waals surface area contributed by atoms with Crippen LogP contribution in [0.15, 0.2) is 12.7 Å². The second kappa shape index (κ2) is 2.43. The fourth-order valence-electron chi connectivity index (χ4n) is 0.0527. The molecule has 2 heteroatoms. The van der Waals surface area contributed by atoms with Gasteiger partial charge < -0.3 is 5.11 Å². The van der Waals surface area contributed by atoms with Crippen molar-refractivity contribution < 1.29 is 5.11 Å². The van der Waals surface area contributed by atoms with Gasteiger partial charge in [-0.05, 0) is 0 Å². The zero-order valence-electron chi connectivity index (χ0n) is 3.26. The highest BCUT2D eigenvalue weighted by Crippen LogP contribution is 1.79. The van der Waals surface area contributed by atoms with Gasteiger partial charge in [0.1, 0.15) is 0 Å². The molecule has 0 fully saturated rings. The fraction of sp³-hybridized carbons (Fsp3) is 0.250. The maximum Gasteiger partial charge on any atom is 0.345 e. The highest BCUT2D eigenvalue weighted by atomic mass is 16.3. The summed E-state index contributed by atoms with van der Waals surface area (Å²) in [6.07, 6.45) is 0.164. The molecule has 0 bridgehead atoms. The molecule has 0 aliphatic heterocycles. The molecule has 0 aromatic rings. The van der Waals surface area contributed by atoms with Crippen LogP contribution in [0, 0.1) is 6.57 Å². The molecular formula is C4H5NO. The molecule has 6 heavy (non-hydrogen) atoms. The average molecular weight is 83.1 g/mol. The summed E-state index contributed by atoms with van der Waals surface area (Å²) in [7, 11) is 0. The molecule has 0 saturated carbocycles. The molecule has 0 spiro atoms. The summed E-state index contributed by atoms with van der Waals surface area (Å²) in [5, 5.41) is 8.19. The third kappa shape index (κ3) is 1.50. The molecule has 0 aromatic heterocycles. The van der Waals surface area contributed by atoms with E-state index in [0.717, 1.165) is 0 Å². The first-order valence-corrected chi connectivity index (χ1v) is 1.48. The van der Waals surface area contributed by atoms with Gasteiger partial charge in [-0.2, -0.15) is 0 Å². The highest BCUT2D eigenvalue weighted by molar-refractivity contribution is 4.84. The van der Waals surface area contributed by atoms with Crippen LogP contribution in [0.1, 0.15) is 0 Å². The van der Waals surface area contributed by atoms with E-state index < -0.39 is 6.23 Å². The third-order valence-electron chi connectivity index (χ3n) is 0.343. The summed E-state index contributed by atoms with van der Waals surface area (Å²) in [6, 6.07) is 0. The molecule has 2 nitrogen and oxygen atoms in total. The van der Waals surface area contributed by atoms with Gasteiger partial charge in [0, 0.05) is 6.08 Å². The van der Waals surface area contributed by atoms with E-state index in [-0.39, 0.29) is 0 Å². The molecular weight excluding hydrogens is 78.0 g/mol. The largest absolute Gasteiger partial charge is 0.345 e. The van der Waals surface area contributed by atoms with Crippen LogP contribution in [0.3, 0.4) is 0 Å². The summed E-state index contributed by atoms with van der Waals surface area (Å²) in [6.45, 7) is 9.28. The molecule has 0 radical (unpaired) electrons.